The number of carboxylic acid groups (broad SMARTS) is 1. The topological polar surface area (TPSA) is 109 Å². The number of carbonyl (C=O) groups is 3. The summed E-state index contributed by atoms with van der Waals surface area (Å²) in [5.41, 5.74) is 4.97. The molecule has 106 valence electrons. The van der Waals surface area contributed by atoms with Gasteiger partial charge < -0.3 is 16.2 Å². The quantitative estimate of drug-likeness (QED) is 0.641. The van der Waals surface area contributed by atoms with Crippen molar-refractivity contribution in [2.24, 2.45) is 23.5 Å². The molecule has 2 fully saturated rings. The second-order valence-electron chi connectivity index (χ2n) is 5.77. The van der Waals surface area contributed by atoms with E-state index < -0.39 is 17.9 Å². The molecule has 2 saturated carbocycles. The number of amides is 2. The maximum atomic E-state index is 11.8. The van der Waals surface area contributed by atoms with E-state index in [2.05, 4.69) is 5.32 Å². The van der Waals surface area contributed by atoms with Crippen molar-refractivity contribution in [2.75, 3.05) is 0 Å². The normalized spacial score (nSPS) is 30.0. The number of primary amides is 1. The molecule has 0 aromatic rings. The molecule has 2 bridgehead atoms. The van der Waals surface area contributed by atoms with Gasteiger partial charge >= 0.3 is 5.97 Å². The van der Waals surface area contributed by atoms with Gasteiger partial charge in [0.15, 0.2) is 0 Å². The van der Waals surface area contributed by atoms with Crippen LogP contribution in [-0.4, -0.2) is 28.9 Å². The van der Waals surface area contributed by atoms with Crippen LogP contribution in [0.3, 0.4) is 0 Å². The number of hydrogen-bond donors (Lipinski definition) is 3. The van der Waals surface area contributed by atoms with Gasteiger partial charge in [-0.05, 0) is 37.0 Å². The van der Waals surface area contributed by atoms with Gasteiger partial charge in [0, 0.05) is 6.42 Å². The van der Waals surface area contributed by atoms with E-state index >= 15 is 0 Å². The van der Waals surface area contributed by atoms with Crippen LogP contribution in [0, 0.1) is 17.8 Å². The van der Waals surface area contributed by atoms with Crippen LogP contribution in [0.4, 0.5) is 0 Å². The number of carbonyl (C=O) groups excluding carboxylic acids is 2. The number of rotatable bonds is 6. The van der Waals surface area contributed by atoms with E-state index in [0.717, 1.165) is 12.3 Å². The predicted molar refractivity (Wildman–Crippen MR) is 66.9 cm³/mol. The Morgan fingerprint density at radius 1 is 1.26 bits per heavy atom. The molecule has 4 unspecified atom stereocenters. The first-order valence-corrected chi connectivity index (χ1v) is 6.76. The SMILES string of the molecule is NC(=O)CC(NC(=O)CC1CC2CCC1C2)C(=O)O. The van der Waals surface area contributed by atoms with Gasteiger partial charge in [0.2, 0.25) is 11.8 Å². The van der Waals surface area contributed by atoms with Crippen molar-refractivity contribution in [2.45, 2.75) is 44.6 Å². The van der Waals surface area contributed by atoms with Crippen molar-refractivity contribution in [1.82, 2.24) is 5.32 Å². The molecule has 2 aliphatic rings. The minimum atomic E-state index is -1.22. The first kappa shape index (κ1) is 13.8. The Hall–Kier alpha value is -1.59. The molecule has 4 N–H and O–H groups in total. The van der Waals surface area contributed by atoms with Gasteiger partial charge in [-0.25, -0.2) is 4.79 Å². The lowest BCUT2D eigenvalue weighted by atomic mass is 9.86. The van der Waals surface area contributed by atoms with E-state index in [9.17, 15) is 14.4 Å². The van der Waals surface area contributed by atoms with Crippen LogP contribution in [-0.2, 0) is 14.4 Å². The molecule has 0 radical (unpaired) electrons. The van der Waals surface area contributed by atoms with Crippen molar-refractivity contribution in [3.8, 4) is 0 Å². The molecule has 6 heteroatoms. The van der Waals surface area contributed by atoms with Crippen molar-refractivity contribution in [1.29, 1.82) is 0 Å². The zero-order chi connectivity index (χ0) is 14.0. The highest BCUT2D eigenvalue weighted by molar-refractivity contribution is 5.88. The van der Waals surface area contributed by atoms with E-state index in [1.807, 2.05) is 0 Å². The summed E-state index contributed by atoms with van der Waals surface area (Å²) in [6.07, 6.45) is 4.74. The van der Waals surface area contributed by atoms with Gasteiger partial charge in [0.1, 0.15) is 6.04 Å². The Balaban J connectivity index is 1.82. The summed E-state index contributed by atoms with van der Waals surface area (Å²) in [6, 6.07) is -1.21. The van der Waals surface area contributed by atoms with Gasteiger partial charge in [0.25, 0.3) is 0 Å². The van der Waals surface area contributed by atoms with Gasteiger partial charge in [-0.1, -0.05) is 6.42 Å². The number of aliphatic carboxylic acids is 1. The summed E-state index contributed by atoms with van der Waals surface area (Å²) in [6.45, 7) is 0. The van der Waals surface area contributed by atoms with Crippen LogP contribution in [0.5, 0.6) is 0 Å². The second-order valence-corrected chi connectivity index (χ2v) is 5.77. The lowest BCUT2D eigenvalue weighted by Crippen LogP contribution is -2.44. The third-order valence-electron chi connectivity index (χ3n) is 4.37. The van der Waals surface area contributed by atoms with Gasteiger partial charge in [0.05, 0.1) is 6.42 Å². The Labute approximate surface area is 111 Å². The molecular formula is C13H20N2O4. The summed E-state index contributed by atoms with van der Waals surface area (Å²) in [4.78, 5) is 33.5. The Morgan fingerprint density at radius 3 is 2.47 bits per heavy atom. The number of nitrogens with two attached hydrogens (primary N) is 1. The average Bonchev–Trinajstić information content (AvgIpc) is 2.89. The van der Waals surface area contributed by atoms with Crippen molar-refractivity contribution in [3.05, 3.63) is 0 Å². The van der Waals surface area contributed by atoms with Gasteiger partial charge in [-0.3, -0.25) is 9.59 Å². The van der Waals surface area contributed by atoms with E-state index in [-0.39, 0.29) is 12.3 Å². The highest BCUT2D eigenvalue weighted by atomic mass is 16.4. The zero-order valence-corrected chi connectivity index (χ0v) is 10.8. The van der Waals surface area contributed by atoms with Crippen molar-refractivity contribution < 1.29 is 19.5 Å². The average molecular weight is 268 g/mol. The van der Waals surface area contributed by atoms with Crippen LogP contribution in [0.25, 0.3) is 0 Å². The van der Waals surface area contributed by atoms with E-state index in [4.69, 9.17) is 10.8 Å². The van der Waals surface area contributed by atoms with Crippen LogP contribution < -0.4 is 11.1 Å². The fourth-order valence-electron chi connectivity index (χ4n) is 3.52. The third kappa shape index (κ3) is 3.45. The molecule has 2 amide bonds. The van der Waals surface area contributed by atoms with E-state index in [0.29, 0.717) is 18.3 Å². The standard InChI is InChI=1S/C13H20N2O4/c14-11(16)6-10(13(18)19)15-12(17)5-9-4-7-1-2-8(9)3-7/h7-10H,1-6H2,(H2,14,16)(H,15,17)(H,18,19). The third-order valence-corrected chi connectivity index (χ3v) is 4.37. The minimum Gasteiger partial charge on any atom is -0.480 e. The zero-order valence-electron chi connectivity index (χ0n) is 10.8. The highest BCUT2D eigenvalue weighted by Gasteiger charge is 2.40. The maximum absolute atomic E-state index is 11.8. The summed E-state index contributed by atoms with van der Waals surface area (Å²) in [5, 5.41) is 11.3. The largest absolute Gasteiger partial charge is 0.480 e. The molecule has 0 aliphatic heterocycles. The fourth-order valence-corrected chi connectivity index (χ4v) is 3.52. The van der Waals surface area contributed by atoms with Crippen molar-refractivity contribution >= 4 is 17.8 Å². The van der Waals surface area contributed by atoms with Crippen LogP contribution in [0.15, 0.2) is 0 Å². The molecule has 0 spiro atoms. The number of hydrogen-bond acceptors (Lipinski definition) is 3. The Morgan fingerprint density at radius 2 is 2.00 bits per heavy atom. The molecule has 0 saturated heterocycles. The molecule has 0 heterocycles. The molecule has 6 nitrogen and oxygen atoms in total. The first-order chi connectivity index (χ1) is 8.95. The minimum absolute atomic E-state index is 0.286. The molecule has 4 atom stereocenters. The maximum Gasteiger partial charge on any atom is 0.326 e. The predicted octanol–water partition coefficient (Wildman–Crippen LogP) is 0.257. The summed E-state index contributed by atoms with van der Waals surface area (Å²) >= 11 is 0. The van der Waals surface area contributed by atoms with Crippen LogP contribution in [0.1, 0.15) is 38.5 Å². The lowest BCUT2D eigenvalue weighted by Gasteiger charge is -2.22. The Kier molecular flexibility index (Phi) is 4.07. The first-order valence-electron chi connectivity index (χ1n) is 6.76. The number of fused-ring (bicyclic) bond motifs is 2. The second kappa shape index (κ2) is 5.59. The van der Waals surface area contributed by atoms with Gasteiger partial charge in [-0.15, -0.1) is 0 Å². The fraction of sp³-hybridized carbons (Fsp3) is 0.769. The molecule has 2 aliphatic carbocycles. The monoisotopic (exact) mass is 268 g/mol. The highest BCUT2D eigenvalue weighted by Crippen LogP contribution is 2.49. The number of carboxylic acids is 1. The molecule has 2 rings (SSSR count). The van der Waals surface area contributed by atoms with Crippen LogP contribution >= 0.6 is 0 Å². The molecule has 19 heavy (non-hydrogen) atoms. The van der Waals surface area contributed by atoms with E-state index in [1.54, 1.807) is 0 Å². The van der Waals surface area contributed by atoms with Crippen LogP contribution in [0.2, 0.25) is 0 Å². The molecular weight excluding hydrogens is 248 g/mol. The molecule has 0 aromatic carbocycles. The van der Waals surface area contributed by atoms with Crippen molar-refractivity contribution in [3.63, 3.8) is 0 Å². The van der Waals surface area contributed by atoms with Gasteiger partial charge in [-0.2, -0.15) is 0 Å². The Bertz CT molecular complexity index is 396. The summed E-state index contributed by atoms with van der Waals surface area (Å²) < 4.78 is 0. The summed E-state index contributed by atoms with van der Waals surface area (Å²) in [7, 11) is 0. The molecule has 0 aromatic heterocycles. The van der Waals surface area contributed by atoms with E-state index in [1.165, 1.54) is 19.3 Å². The lowest BCUT2D eigenvalue weighted by molar-refractivity contribution is -0.143. The number of nitrogens with one attached hydrogen (secondary N) is 1. The summed E-state index contributed by atoms with van der Waals surface area (Å²) in [5.74, 6) is -0.487. The smallest absolute Gasteiger partial charge is 0.326 e.